The zero-order valence-electron chi connectivity index (χ0n) is 11.2. The first-order chi connectivity index (χ1) is 10.2. The van der Waals surface area contributed by atoms with Crippen molar-refractivity contribution in [3.05, 3.63) is 35.6 Å². The number of nitrogens with one attached hydrogen (secondary N) is 1. The van der Waals surface area contributed by atoms with Crippen molar-refractivity contribution in [1.29, 1.82) is 0 Å². The largest absolute Gasteiger partial charge is 0.300 e. The average Bonchev–Trinajstić information content (AvgIpc) is 2.82. The van der Waals surface area contributed by atoms with Gasteiger partial charge >= 0.3 is 0 Å². The third-order valence-corrected chi connectivity index (χ3v) is 5.41. The summed E-state index contributed by atoms with van der Waals surface area (Å²) in [6, 6.07) is 6.49. The fourth-order valence-corrected chi connectivity index (χ4v) is 3.67. The number of anilines is 1. The number of carbonyl (C=O) groups excluding carboxylic acids is 1. The summed E-state index contributed by atoms with van der Waals surface area (Å²) in [6.45, 7) is 0. The van der Waals surface area contributed by atoms with E-state index >= 15 is 0 Å². The predicted molar refractivity (Wildman–Crippen MR) is 81.8 cm³/mol. The van der Waals surface area contributed by atoms with Crippen LogP contribution in [0.1, 0.15) is 24.8 Å². The van der Waals surface area contributed by atoms with Crippen molar-refractivity contribution in [1.82, 2.24) is 10.2 Å². The van der Waals surface area contributed by atoms with E-state index < -0.39 is 0 Å². The number of halogens is 1. The second-order valence-electron chi connectivity index (χ2n) is 4.91. The quantitative estimate of drug-likeness (QED) is 0.673. The summed E-state index contributed by atoms with van der Waals surface area (Å²) >= 11 is 2.84. The molecular weight excluding hydrogens is 309 g/mol. The Morgan fingerprint density at radius 1 is 1.43 bits per heavy atom. The molecule has 0 unspecified atom stereocenters. The van der Waals surface area contributed by atoms with Crippen molar-refractivity contribution in [2.75, 3.05) is 5.32 Å². The van der Waals surface area contributed by atoms with E-state index in [-0.39, 0.29) is 17.6 Å². The maximum atomic E-state index is 13.1. The number of amides is 1. The lowest BCUT2D eigenvalue weighted by molar-refractivity contribution is -0.122. The van der Waals surface area contributed by atoms with Gasteiger partial charge in [0.05, 0.1) is 0 Å². The minimum absolute atomic E-state index is 0.0408. The molecular formula is C14H14FN3OS2. The van der Waals surface area contributed by atoms with E-state index in [1.807, 2.05) is 6.07 Å². The lowest BCUT2D eigenvalue weighted by Crippen LogP contribution is -2.27. The van der Waals surface area contributed by atoms with Crippen molar-refractivity contribution in [2.45, 2.75) is 29.4 Å². The van der Waals surface area contributed by atoms with Crippen LogP contribution in [0.15, 0.2) is 28.6 Å². The second-order valence-corrected chi connectivity index (χ2v) is 7.11. The number of carbonyl (C=O) groups is 1. The molecule has 21 heavy (non-hydrogen) atoms. The molecule has 1 heterocycles. The standard InChI is InChI=1S/C14H14FN3OS2/c15-11-6-1-3-9(7-11)8-20-14-18-17-13(21-14)16-12(19)10-4-2-5-10/h1,3,6-7,10H,2,4-5,8H2,(H,16,17,19). The Morgan fingerprint density at radius 3 is 3.00 bits per heavy atom. The van der Waals surface area contributed by atoms with Gasteiger partial charge in [-0.3, -0.25) is 4.79 Å². The van der Waals surface area contributed by atoms with Crippen LogP contribution >= 0.6 is 23.1 Å². The molecule has 1 aromatic heterocycles. The number of rotatable bonds is 5. The number of aromatic nitrogens is 2. The highest BCUT2D eigenvalue weighted by Gasteiger charge is 2.25. The van der Waals surface area contributed by atoms with Crippen LogP contribution in [0, 0.1) is 11.7 Å². The summed E-state index contributed by atoms with van der Waals surface area (Å²) in [5.41, 5.74) is 0.898. The van der Waals surface area contributed by atoms with Crippen molar-refractivity contribution in [2.24, 2.45) is 5.92 Å². The van der Waals surface area contributed by atoms with Crippen LogP contribution in [-0.4, -0.2) is 16.1 Å². The van der Waals surface area contributed by atoms with Crippen LogP contribution < -0.4 is 5.32 Å². The summed E-state index contributed by atoms with van der Waals surface area (Å²) in [5.74, 6) is 0.568. The molecule has 0 spiro atoms. The topological polar surface area (TPSA) is 54.9 Å². The fraction of sp³-hybridized carbons (Fsp3) is 0.357. The van der Waals surface area contributed by atoms with Gasteiger partial charge in [0, 0.05) is 11.7 Å². The third kappa shape index (κ3) is 3.79. The van der Waals surface area contributed by atoms with Gasteiger partial charge in [-0.25, -0.2) is 4.39 Å². The molecule has 0 radical (unpaired) electrons. The zero-order chi connectivity index (χ0) is 14.7. The molecule has 4 nitrogen and oxygen atoms in total. The number of nitrogens with zero attached hydrogens (tertiary/aromatic N) is 2. The van der Waals surface area contributed by atoms with Crippen molar-refractivity contribution < 1.29 is 9.18 Å². The van der Waals surface area contributed by atoms with E-state index in [2.05, 4.69) is 15.5 Å². The normalized spacial score (nSPS) is 14.7. The maximum absolute atomic E-state index is 13.1. The molecule has 1 fully saturated rings. The lowest BCUT2D eigenvalue weighted by atomic mass is 9.85. The SMILES string of the molecule is O=C(Nc1nnc(SCc2cccc(F)c2)s1)C1CCC1. The molecule has 1 aromatic carbocycles. The minimum Gasteiger partial charge on any atom is -0.300 e. The molecule has 1 N–H and O–H groups in total. The molecule has 1 aliphatic carbocycles. The summed E-state index contributed by atoms with van der Waals surface area (Å²) in [6.07, 6.45) is 3.06. The molecule has 1 amide bonds. The smallest absolute Gasteiger partial charge is 0.229 e. The number of hydrogen-bond acceptors (Lipinski definition) is 5. The molecule has 0 saturated heterocycles. The van der Waals surface area contributed by atoms with Gasteiger partial charge in [-0.15, -0.1) is 10.2 Å². The van der Waals surface area contributed by atoms with E-state index in [0.717, 1.165) is 29.2 Å². The van der Waals surface area contributed by atoms with Crippen LogP contribution in [0.5, 0.6) is 0 Å². The van der Waals surface area contributed by atoms with Crippen LogP contribution in [0.3, 0.4) is 0 Å². The van der Waals surface area contributed by atoms with Gasteiger partial charge in [-0.1, -0.05) is 41.7 Å². The van der Waals surface area contributed by atoms with Crippen molar-refractivity contribution in [3.63, 3.8) is 0 Å². The van der Waals surface area contributed by atoms with E-state index in [4.69, 9.17) is 0 Å². The molecule has 3 rings (SSSR count). The average molecular weight is 323 g/mol. The Hall–Kier alpha value is -1.47. The highest BCUT2D eigenvalue weighted by Crippen LogP contribution is 2.31. The number of benzene rings is 1. The Labute approximate surface area is 130 Å². The first-order valence-corrected chi connectivity index (χ1v) is 8.52. The van der Waals surface area contributed by atoms with E-state index in [9.17, 15) is 9.18 Å². The molecule has 1 aliphatic rings. The van der Waals surface area contributed by atoms with E-state index in [1.54, 1.807) is 6.07 Å². The molecule has 1 saturated carbocycles. The monoisotopic (exact) mass is 323 g/mol. The van der Waals surface area contributed by atoms with Gasteiger partial charge < -0.3 is 5.32 Å². The summed E-state index contributed by atoms with van der Waals surface area (Å²) in [7, 11) is 0. The third-order valence-electron chi connectivity index (χ3n) is 3.36. The summed E-state index contributed by atoms with van der Waals surface area (Å²) in [5, 5.41) is 11.3. The summed E-state index contributed by atoms with van der Waals surface area (Å²) in [4.78, 5) is 11.8. The number of hydrogen-bond donors (Lipinski definition) is 1. The Balaban J connectivity index is 1.53. The van der Waals surface area contributed by atoms with Crippen molar-refractivity contribution >= 4 is 34.1 Å². The van der Waals surface area contributed by atoms with Crippen LogP contribution in [0.4, 0.5) is 9.52 Å². The van der Waals surface area contributed by atoms with E-state index in [0.29, 0.717) is 10.9 Å². The zero-order valence-corrected chi connectivity index (χ0v) is 12.8. The van der Waals surface area contributed by atoms with Gasteiger partial charge in [0.1, 0.15) is 5.82 Å². The second kappa shape index (κ2) is 6.53. The maximum Gasteiger partial charge on any atom is 0.229 e. The first-order valence-electron chi connectivity index (χ1n) is 6.72. The van der Waals surface area contributed by atoms with Gasteiger partial charge in [0.15, 0.2) is 4.34 Å². The van der Waals surface area contributed by atoms with Gasteiger partial charge in [0.25, 0.3) is 0 Å². The lowest BCUT2D eigenvalue weighted by Gasteiger charge is -2.23. The molecule has 0 aliphatic heterocycles. The summed E-state index contributed by atoms with van der Waals surface area (Å²) < 4.78 is 13.8. The Kier molecular flexibility index (Phi) is 4.50. The van der Waals surface area contributed by atoms with E-state index in [1.165, 1.54) is 35.2 Å². The molecule has 0 bridgehead atoms. The van der Waals surface area contributed by atoms with Crippen LogP contribution in [0.2, 0.25) is 0 Å². The Morgan fingerprint density at radius 2 is 2.29 bits per heavy atom. The van der Waals surface area contributed by atoms with Gasteiger partial charge in [-0.2, -0.15) is 0 Å². The Bertz CT molecular complexity index is 643. The van der Waals surface area contributed by atoms with Gasteiger partial charge in [-0.05, 0) is 30.5 Å². The van der Waals surface area contributed by atoms with Crippen molar-refractivity contribution in [3.8, 4) is 0 Å². The predicted octanol–water partition coefficient (Wildman–Crippen LogP) is 3.71. The highest BCUT2D eigenvalue weighted by atomic mass is 32.2. The van der Waals surface area contributed by atoms with Crippen LogP contribution in [-0.2, 0) is 10.5 Å². The highest BCUT2D eigenvalue weighted by molar-refractivity contribution is 8.00. The van der Waals surface area contributed by atoms with Crippen LogP contribution in [0.25, 0.3) is 0 Å². The number of thioether (sulfide) groups is 1. The van der Waals surface area contributed by atoms with Gasteiger partial charge in [0.2, 0.25) is 11.0 Å². The minimum atomic E-state index is -0.237. The first kappa shape index (κ1) is 14.5. The molecule has 0 atom stereocenters. The molecule has 2 aromatic rings. The molecule has 110 valence electrons. The molecule has 7 heteroatoms. The fourth-order valence-electron chi connectivity index (χ4n) is 1.97.